The molecule has 1 aliphatic rings. The van der Waals surface area contributed by atoms with E-state index >= 15 is 0 Å². The Balaban J connectivity index is 1.88. The second-order valence-corrected chi connectivity index (χ2v) is 7.15. The zero-order valence-electron chi connectivity index (χ0n) is 13.4. The van der Waals surface area contributed by atoms with Gasteiger partial charge in [0.15, 0.2) is 5.76 Å². The summed E-state index contributed by atoms with van der Waals surface area (Å²) in [6, 6.07) is 9.67. The van der Waals surface area contributed by atoms with Gasteiger partial charge < -0.3 is 15.1 Å². The molecule has 1 fully saturated rings. The van der Waals surface area contributed by atoms with Gasteiger partial charge in [0.1, 0.15) is 5.76 Å². The topological polar surface area (TPSA) is 59.5 Å². The van der Waals surface area contributed by atoms with E-state index in [0.29, 0.717) is 17.2 Å². The predicted octanol–water partition coefficient (Wildman–Crippen LogP) is 4.69. The number of anilines is 1. The number of furan rings is 1. The smallest absolute Gasteiger partial charge is 0.290 e. The average molecular weight is 377 g/mol. The largest absolute Gasteiger partial charge is 0.451 e. The normalized spacial score (nSPS) is 21.4. The van der Waals surface area contributed by atoms with Crippen LogP contribution in [0.5, 0.6) is 0 Å². The Labute approximate surface area is 144 Å². The summed E-state index contributed by atoms with van der Waals surface area (Å²) in [6.07, 6.45) is 3.26. The second kappa shape index (κ2) is 6.40. The Hall–Kier alpha value is -1.75. The number of rotatable bonds is 2. The van der Waals surface area contributed by atoms with E-state index in [-0.39, 0.29) is 18.0 Å². The monoisotopic (exact) mass is 376 g/mol. The highest BCUT2D eigenvalue weighted by molar-refractivity contribution is 9.10. The van der Waals surface area contributed by atoms with Crippen molar-refractivity contribution in [2.24, 2.45) is 0 Å². The van der Waals surface area contributed by atoms with Crippen molar-refractivity contribution < 1.29 is 9.21 Å². The minimum absolute atomic E-state index is 0.0355. The van der Waals surface area contributed by atoms with Gasteiger partial charge in [0, 0.05) is 27.8 Å². The van der Waals surface area contributed by atoms with E-state index < -0.39 is 0 Å². The zero-order chi connectivity index (χ0) is 16.6. The summed E-state index contributed by atoms with van der Waals surface area (Å²) in [7, 11) is 0. The Morgan fingerprint density at radius 1 is 1.22 bits per heavy atom. The third-order valence-corrected chi connectivity index (χ3v) is 5.02. The number of hydrogen-bond donors (Lipinski definition) is 1. The van der Waals surface area contributed by atoms with Crippen molar-refractivity contribution in [3.8, 4) is 11.3 Å². The van der Waals surface area contributed by atoms with Gasteiger partial charge in [-0.1, -0.05) is 15.9 Å². The maximum absolute atomic E-state index is 12.8. The molecule has 1 saturated heterocycles. The highest BCUT2D eigenvalue weighted by Crippen LogP contribution is 2.31. The third-order valence-electron chi connectivity index (χ3n) is 4.52. The first-order valence-electron chi connectivity index (χ1n) is 7.95. The first kappa shape index (κ1) is 16.1. The minimum Gasteiger partial charge on any atom is -0.451 e. The first-order valence-corrected chi connectivity index (χ1v) is 8.74. The molecule has 1 aromatic carbocycles. The molecule has 1 amide bonds. The van der Waals surface area contributed by atoms with E-state index in [0.717, 1.165) is 22.9 Å². The Bertz CT molecular complexity index is 716. The lowest BCUT2D eigenvalue weighted by Crippen LogP contribution is -2.47. The first-order chi connectivity index (χ1) is 11.0. The minimum atomic E-state index is -0.0355. The quantitative estimate of drug-likeness (QED) is 0.772. The number of carbonyl (C=O) groups excluding carboxylic acids is 1. The lowest BCUT2D eigenvalue weighted by Gasteiger charge is -2.38. The summed E-state index contributed by atoms with van der Waals surface area (Å²) < 4.78 is 6.73. The lowest BCUT2D eigenvalue weighted by atomic mass is 9.97. The summed E-state index contributed by atoms with van der Waals surface area (Å²) >= 11 is 3.39. The summed E-state index contributed by atoms with van der Waals surface area (Å²) in [5.74, 6) is 0.963. The molecule has 0 spiro atoms. The molecular formula is C18H21BrN2O2. The molecule has 2 aromatic rings. The standard InChI is InChI=1S/C18H21BrN2O2/c1-11-4-3-5-12(2)21(11)18(22)17-9-8-16(23-17)14-7-6-13(19)10-15(14)20/h6-12H,3-5,20H2,1-2H3/t11-,12-/m0/s1. The second-order valence-electron chi connectivity index (χ2n) is 6.24. The van der Waals surface area contributed by atoms with Crippen LogP contribution in [-0.4, -0.2) is 22.9 Å². The van der Waals surface area contributed by atoms with E-state index in [9.17, 15) is 4.79 Å². The molecule has 5 heteroatoms. The van der Waals surface area contributed by atoms with Crippen LogP contribution in [0.1, 0.15) is 43.7 Å². The number of nitrogens with zero attached hydrogens (tertiary/aromatic N) is 1. The predicted molar refractivity (Wildman–Crippen MR) is 95.2 cm³/mol. The van der Waals surface area contributed by atoms with Crippen molar-refractivity contribution in [1.29, 1.82) is 0 Å². The molecular weight excluding hydrogens is 356 g/mol. The van der Waals surface area contributed by atoms with Crippen LogP contribution in [0.15, 0.2) is 39.2 Å². The van der Waals surface area contributed by atoms with Gasteiger partial charge in [0.2, 0.25) is 0 Å². The highest BCUT2D eigenvalue weighted by Gasteiger charge is 2.31. The van der Waals surface area contributed by atoms with Gasteiger partial charge in [-0.2, -0.15) is 0 Å². The van der Waals surface area contributed by atoms with Crippen LogP contribution < -0.4 is 5.73 Å². The Morgan fingerprint density at radius 3 is 2.57 bits per heavy atom. The molecule has 4 nitrogen and oxygen atoms in total. The van der Waals surface area contributed by atoms with Crippen molar-refractivity contribution in [2.45, 2.75) is 45.2 Å². The molecule has 0 aliphatic carbocycles. The molecule has 0 bridgehead atoms. The number of halogens is 1. The van der Waals surface area contributed by atoms with Crippen molar-refractivity contribution >= 4 is 27.5 Å². The van der Waals surface area contributed by atoms with E-state index in [2.05, 4.69) is 29.8 Å². The van der Waals surface area contributed by atoms with Crippen LogP contribution >= 0.6 is 15.9 Å². The number of nitrogen functional groups attached to an aromatic ring is 1. The SMILES string of the molecule is C[C@H]1CCC[C@H](C)N1C(=O)c1ccc(-c2ccc(Br)cc2N)o1. The molecule has 0 saturated carbocycles. The van der Waals surface area contributed by atoms with Crippen molar-refractivity contribution in [2.75, 3.05) is 5.73 Å². The molecule has 2 N–H and O–H groups in total. The van der Waals surface area contributed by atoms with Crippen molar-refractivity contribution in [3.05, 3.63) is 40.6 Å². The molecule has 2 heterocycles. The molecule has 0 radical (unpaired) electrons. The maximum atomic E-state index is 12.8. The van der Waals surface area contributed by atoms with Crippen LogP contribution in [0.2, 0.25) is 0 Å². The molecule has 1 aliphatic heterocycles. The molecule has 2 atom stereocenters. The molecule has 122 valence electrons. The third kappa shape index (κ3) is 3.15. The van der Waals surface area contributed by atoms with Gasteiger partial charge in [0.25, 0.3) is 5.91 Å². The van der Waals surface area contributed by atoms with Crippen LogP contribution in [0.4, 0.5) is 5.69 Å². The highest BCUT2D eigenvalue weighted by atomic mass is 79.9. The Kier molecular flexibility index (Phi) is 4.48. The molecule has 3 rings (SSSR count). The Morgan fingerprint density at radius 2 is 1.91 bits per heavy atom. The van der Waals surface area contributed by atoms with Crippen molar-refractivity contribution in [1.82, 2.24) is 4.90 Å². The maximum Gasteiger partial charge on any atom is 0.290 e. The number of amides is 1. The number of piperidine rings is 1. The van der Waals surface area contributed by atoms with Crippen LogP contribution in [0.25, 0.3) is 11.3 Å². The average Bonchev–Trinajstić information content (AvgIpc) is 2.96. The molecule has 0 unspecified atom stereocenters. The van der Waals surface area contributed by atoms with Crippen LogP contribution in [0.3, 0.4) is 0 Å². The van der Waals surface area contributed by atoms with Gasteiger partial charge in [-0.3, -0.25) is 4.79 Å². The summed E-state index contributed by atoms with van der Waals surface area (Å²) in [6.45, 7) is 4.20. The number of carbonyl (C=O) groups is 1. The molecule has 23 heavy (non-hydrogen) atoms. The zero-order valence-corrected chi connectivity index (χ0v) is 15.0. The fraction of sp³-hybridized carbons (Fsp3) is 0.389. The fourth-order valence-electron chi connectivity index (χ4n) is 3.30. The summed E-state index contributed by atoms with van der Waals surface area (Å²) in [4.78, 5) is 14.7. The van der Waals surface area contributed by atoms with E-state index in [1.54, 1.807) is 6.07 Å². The van der Waals surface area contributed by atoms with E-state index in [1.165, 1.54) is 6.42 Å². The van der Waals surface area contributed by atoms with Crippen LogP contribution in [0, 0.1) is 0 Å². The van der Waals surface area contributed by atoms with Gasteiger partial charge in [-0.15, -0.1) is 0 Å². The lowest BCUT2D eigenvalue weighted by molar-refractivity contribution is 0.0479. The summed E-state index contributed by atoms with van der Waals surface area (Å²) in [5, 5.41) is 0. The van der Waals surface area contributed by atoms with Gasteiger partial charge >= 0.3 is 0 Å². The number of benzene rings is 1. The van der Waals surface area contributed by atoms with Crippen LogP contribution in [-0.2, 0) is 0 Å². The number of likely N-dealkylation sites (tertiary alicyclic amines) is 1. The van der Waals surface area contributed by atoms with Gasteiger partial charge in [-0.05, 0) is 63.4 Å². The van der Waals surface area contributed by atoms with Crippen molar-refractivity contribution in [3.63, 3.8) is 0 Å². The van der Waals surface area contributed by atoms with E-state index in [4.69, 9.17) is 10.2 Å². The summed E-state index contributed by atoms with van der Waals surface area (Å²) in [5.41, 5.74) is 7.46. The number of hydrogen-bond acceptors (Lipinski definition) is 3. The fourth-order valence-corrected chi connectivity index (χ4v) is 3.68. The van der Waals surface area contributed by atoms with Gasteiger partial charge in [-0.25, -0.2) is 0 Å². The molecule has 1 aromatic heterocycles. The van der Waals surface area contributed by atoms with Gasteiger partial charge in [0.05, 0.1) is 0 Å². The van der Waals surface area contributed by atoms with E-state index in [1.807, 2.05) is 29.2 Å². The number of nitrogens with two attached hydrogens (primary N) is 1.